The molecule has 33 heavy (non-hydrogen) atoms. The van der Waals surface area contributed by atoms with Crippen LogP contribution in [0.1, 0.15) is 11.1 Å². The lowest BCUT2D eigenvalue weighted by molar-refractivity contribution is -0.385. The molecule has 2 aromatic rings. The fourth-order valence-electron chi connectivity index (χ4n) is 3.53. The van der Waals surface area contributed by atoms with Crippen molar-refractivity contribution in [1.82, 2.24) is 15.1 Å². The van der Waals surface area contributed by atoms with Gasteiger partial charge in [0.1, 0.15) is 0 Å². The summed E-state index contributed by atoms with van der Waals surface area (Å²) in [5, 5.41) is 14.1. The van der Waals surface area contributed by atoms with E-state index in [2.05, 4.69) is 5.32 Å². The Balaban J connectivity index is 1.36. The quantitative estimate of drug-likeness (QED) is 0.418. The molecule has 1 fully saturated rings. The van der Waals surface area contributed by atoms with E-state index >= 15 is 0 Å². The summed E-state index contributed by atoms with van der Waals surface area (Å²) in [4.78, 5) is 39.3. The first kappa shape index (κ1) is 24.5. The van der Waals surface area contributed by atoms with Crippen molar-refractivity contribution in [3.05, 3.63) is 69.8 Å². The number of amides is 2. The van der Waals surface area contributed by atoms with E-state index < -0.39 is 4.92 Å². The van der Waals surface area contributed by atoms with Crippen molar-refractivity contribution >= 4 is 29.3 Å². The number of benzene rings is 2. The maximum Gasteiger partial charge on any atom is 0.311 e. The minimum absolute atomic E-state index is 0.0252. The summed E-state index contributed by atoms with van der Waals surface area (Å²) >= 11 is 1.43. The second-order valence-electron chi connectivity index (χ2n) is 7.68. The molecule has 2 aromatic carbocycles. The number of carbonyl (C=O) groups excluding carboxylic acids is 2. The molecule has 0 unspecified atom stereocenters. The van der Waals surface area contributed by atoms with Gasteiger partial charge in [-0.2, -0.15) is 0 Å². The first-order valence-electron chi connectivity index (χ1n) is 10.7. The van der Waals surface area contributed by atoms with Crippen LogP contribution in [0.15, 0.2) is 48.5 Å². The van der Waals surface area contributed by atoms with Gasteiger partial charge in [-0.3, -0.25) is 24.6 Å². The zero-order valence-electron chi connectivity index (χ0n) is 18.6. The summed E-state index contributed by atoms with van der Waals surface area (Å²) in [6, 6.07) is 14.6. The Bertz CT molecular complexity index is 965. The molecule has 1 saturated heterocycles. The molecule has 0 aliphatic carbocycles. The summed E-state index contributed by atoms with van der Waals surface area (Å²) < 4.78 is 5.01. The van der Waals surface area contributed by atoms with Crippen LogP contribution in [0.5, 0.6) is 5.75 Å². The van der Waals surface area contributed by atoms with Gasteiger partial charge in [0, 0.05) is 44.5 Å². The molecule has 176 valence electrons. The Morgan fingerprint density at radius 1 is 1.09 bits per heavy atom. The number of hydrogen-bond acceptors (Lipinski definition) is 7. The lowest BCUT2D eigenvalue weighted by Gasteiger charge is -2.34. The zero-order chi connectivity index (χ0) is 23.6. The number of nitro benzene ring substituents is 1. The first-order valence-corrected chi connectivity index (χ1v) is 11.8. The van der Waals surface area contributed by atoms with Crippen molar-refractivity contribution in [2.45, 2.75) is 12.3 Å². The number of methoxy groups -OCH3 is 1. The fourth-order valence-corrected chi connectivity index (χ4v) is 4.40. The topological polar surface area (TPSA) is 105 Å². The molecular weight excluding hydrogens is 444 g/mol. The number of piperazine rings is 1. The monoisotopic (exact) mass is 472 g/mol. The summed E-state index contributed by atoms with van der Waals surface area (Å²) in [6.07, 6.45) is 0. The van der Waals surface area contributed by atoms with Gasteiger partial charge in [0.2, 0.25) is 11.8 Å². The van der Waals surface area contributed by atoms with Crippen LogP contribution in [0.4, 0.5) is 5.69 Å². The number of hydrogen-bond donors (Lipinski definition) is 1. The Labute approximate surface area is 197 Å². The van der Waals surface area contributed by atoms with Crippen LogP contribution >= 0.6 is 11.8 Å². The lowest BCUT2D eigenvalue weighted by Crippen LogP contribution is -2.51. The van der Waals surface area contributed by atoms with Crippen LogP contribution in [-0.2, 0) is 21.9 Å². The molecule has 1 aliphatic heterocycles. The summed E-state index contributed by atoms with van der Waals surface area (Å²) in [5.41, 5.74) is 1.75. The predicted octanol–water partition coefficient (Wildman–Crippen LogP) is 2.30. The molecule has 1 N–H and O–H groups in total. The van der Waals surface area contributed by atoms with Gasteiger partial charge < -0.3 is 15.0 Å². The van der Waals surface area contributed by atoms with E-state index in [-0.39, 0.29) is 23.3 Å². The van der Waals surface area contributed by atoms with Gasteiger partial charge >= 0.3 is 5.69 Å². The first-order chi connectivity index (χ1) is 16.0. The molecule has 0 radical (unpaired) electrons. The van der Waals surface area contributed by atoms with E-state index in [9.17, 15) is 19.7 Å². The smallest absolute Gasteiger partial charge is 0.311 e. The van der Waals surface area contributed by atoms with Crippen LogP contribution in [0.2, 0.25) is 0 Å². The molecule has 1 aliphatic rings. The molecule has 10 heteroatoms. The number of nitro groups is 1. The van der Waals surface area contributed by atoms with Gasteiger partial charge in [-0.1, -0.05) is 36.4 Å². The van der Waals surface area contributed by atoms with E-state index in [0.717, 1.165) is 11.1 Å². The lowest BCUT2D eigenvalue weighted by atomic mass is 10.2. The molecule has 2 amide bonds. The van der Waals surface area contributed by atoms with Crippen LogP contribution in [0, 0.1) is 10.1 Å². The highest BCUT2D eigenvalue weighted by Gasteiger charge is 2.22. The Morgan fingerprint density at radius 3 is 2.48 bits per heavy atom. The highest BCUT2D eigenvalue weighted by Crippen LogP contribution is 2.29. The summed E-state index contributed by atoms with van der Waals surface area (Å²) in [5.74, 6) is 1.03. The zero-order valence-corrected chi connectivity index (χ0v) is 19.4. The van der Waals surface area contributed by atoms with E-state index in [0.29, 0.717) is 50.8 Å². The van der Waals surface area contributed by atoms with E-state index in [1.807, 2.05) is 40.1 Å². The van der Waals surface area contributed by atoms with E-state index in [1.54, 1.807) is 12.1 Å². The van der Waals surface area contributed by atoms with Crippen molar-refractivity contribution in [3.63, 3.8) is 0 Å². The average molecular weight is 473 g/mol. The van der Waals surface area contributed by atoms with Gasteiger partial charge in [-0.15, -0.1) is 11.8 Å². The SMILES string of the molecule is COc1ccc(CSCC(=O)N2CCN(CC(=O)NCc3ccccc3)CC2)cc1[N+](=O)[O-]. The van der Waals surface area contributed by atoms with Crippen molar-refractivity contribution in [1.29, 1.82) is 0 Å². The minimum atomic E-state index is -0.473. The maximum atomic E-state index is 12.5. The number of nitrogens with one attached hydrogen (secondary N) is 1. The Morgan fingerprint density at radius 2 is 1.82 bits per heavy atom. The number of nitrogens with zero attached hydrogens (tertiary/aromatic N) is 3. The summed E-state index contributed by atoms with van der Waals surface area (Å²) in [6.45, 7) is 3.30. The molecule has 9 nitrogen and oxygen atoms in total. The molecule has 1 heterocycles. The Kier molecular flexibility index (Phi) is 9.08. The molecule has 0 spiro atoms. The summed E-state index contributed by atoms with van der Waals surface area (Å²) in [7, 11) is 1.40. The van der Waals surface area contributed by atoms with Crippen LogP contribution in [0.3, 0.4) is 0 Å². The molecule has 3 rings (SSSR count). The third-order valence-electron chi connectivity index (χ3n) is 5.36. The van der Waals surface area contributed by atoms with E-state index in [4.69, 9.17) is 4.74 Å². The number of rotatable bonds is 10. The molecular formula is C23H28N4O5S. The molecule has 0 saturated carbocycles. The molecule has 0 aromatic heterocycles. The Hall–Kier alpha value is -3.11. The van der Waals surface area contributed by atoms with Gasteiger partial charge in [0.25, 0.3) is 0 Å². The van der Waals surface area contributed by atoms with Gasteiger partial charge in [0.15, 0.2) is 5.75 Å². The largest absolute Gasteiger partial charge is 0.490 e. The van der Waals surface area contributed by atoms with Crippen molar-refractivity contribution in [2.24, 2.45) is 0 Å². The van der Waals surface area contributed by atoms with Gasteiger partial charge in [-0.25, -0.2) is 0 Å². The van der Waals surface area contributed by atoms with Gasteiger partial charge in [0.05, 0.1) is 24.3 Å². The average Bonchev–Trinajstić information content (AvgIpc) is 2.83. The predicted molar refractivity (Wildman–Crippen MR) is 127 cm³/mol. The van der Waals surface area contributed by atoms with Crippen LogP contribution < -0.4 is 10.1 Å². The highest BCUT2D eigenvalue weighted by atomic mass is 32.2. The minimum Gasteiger partial charge on any atom is -0.490 e. The number of thioether (sulfide) groups is 1. The normalized spacial score (nSPS) is 14.0. The van der Waals surface area contributed by atoms with Crippen molar-refractivity contribution in [3.8, 4) is 5.75 Å². The molecule has 0 bridgehead atoms. The fraction of sp³-hybridized carbons (Fsp3) is 0.391. The number of carbonyl (C=O) groups is 2. The second-order valence-corrected chi connectivity index (χ2v) is 8.66. The number of ether oxygens (including phenoxy) is 1. The van der Waals surface area contributed by atoms with Crippen LogP contribution in [-0.4, -0.2) is 72.1 Å². The van der Waals surface area contributed by atoms with Gasteiger partial charge in [-0.05, 0) is 17.2 Å². The van der Waals surface area contributed by atoms with Crippen LogP contribution in [0.25, 0.3) is 0 Å². The second kappa shape index (κ2) is 12.2. The maximum absolute atomic E-state index is 12.5. The molecule has 0 atom stereocenters. The van der Waals surface area contributed by atoms with E-state index in [1.165, 1.54) is 24.9 Å². The third-order valence-corrected chi connectivity index (χ3v) is 6.35. The van der Waals surface area contributed by atoms with Crippen molar-refractivity contribution in [2.75, 3.05) is 45.6 Å². The highest BCUT2D eigenvalue weighted by molar-refractivity contribution is 7.99. The third kappa shape index (κ3) is 7.47. The standard InChI is InChI=1S/C23H28N4O5S/c1-32-21-8-7-19(13-20(21)27(30)31)16-33-17-23(29)26-11-9-25(10-12-26)15-22(28)24-14-18-5-3-2-4-6-18/h2-8,13H,9-12,14-17H2,1H3,(H,24,28). The van der Waals surface area contributed by atoms with Crippen molar-refractivity contribution < 1.29 is 19.2 Å².